The molecule has 2 aromatic carbocycles. The van der Waals surface area contributed by atoms with Crippen molar-refractivity contribution < 1.29 is 14.6 Å². The Morgan fingerprint density at radius 3 is 2.63 bits per heavy atom. The van der Waals surface area contributed by atoms with Crippen molar-refractivity contribution in [1.29, 1.82) is 0 Å². The number of ether oxygens (including phenoxy) is 2. The summed E-state index contributed by atoms with van der Waals surface area (Å²) in [6.07, 6.45) is 1.37. The molecule has 2 aliphatic heterocycles. The van der Waals surface area contributed by atoms with E-state index >= 15 is 0 Å². The van der Waals surface area contributed by atoms with E-state index in [0.717, 1.165) is 61.7 Å². The molecule has 0 saturated carbocycles. The summed E-state index contributed by atoms with van der Waals surface area (Å²) in [6, 6.07) is 12.7. The van der Waals surface area contributed by atoms with Crippen molar-refractivity contribution in [2.45, 2.75) is 45.9 Å². The van der Waals surface area contributed by atoms with Gasteiger partial charge in [-0.2, -0.15) is 0 Å². The molecule has 27 heavy (non-hydrogen) atoms. The van der Waals surface area contributed by atoms with E-state index in [0.29, 0.717) is 12.5 Å². The number of hydrogen-bond donors (Lipinski definition) is 1. The Kier molecular flexibility index (Phi) is 5.37. The standard InChI is InChI=1S/C23H29NO3/c1-16(2)11-21(25)18-4-6-23-20(13-18)15-24(8-10-27-23)14-17-3-5-22-19(12-17)7-9-26-22/h3-6,12-13,16,21,25H,7-11,14-15H2,1-2H3. The molecule has 0 amide bonds. The summed E-state index contributed by atoms with van der Waals surface area (Å²) in [5, 5.41) is 10.5. The second-order valence-electron chi connectivity index (χ2n) is 8.11. The lowest BCUT2D eigenvalue weighted by Crippen LogP contribution is -2.25. The van der Waals surface area contributed by atoms with Crippen molar-refractivity contribution in [3.63, 3.8) is 0 Å². The lowest BCUT2D eigenvalue weighted by molar-refractivity contribution is 0.151. The van der Waals surface area contributed by atoms with Gasteiger partial charge >= 0.3 is 0 Å². The fraction of sp³-hybridized carbons (Fsp3) is 0.478. The van der Waals surface area contributed by atoms with Crippen LogP contribution in [0.4, 0.5) is 0 Å². The minimum Gasteiger partial charge on any atom is -0.493 e. The van der Waals surface area contributed by atoms with Gasteiger partial charge in [0.1, 0.15) is 18.1 Å². The SMILES string of the molecule is CC(C)CC(O)c1ccc2c(c1)CN(Cc1ccc3c(c1)CCO3)CCO2. The van der Waals surface area contributed by atoms with E-state index in [2.05, 4.69) is 43.0 Å². The number of fused-ring (bicyclic) bond motifs is 2. The first kappa shape index (κ1) is 18.3. The van der Waals surface area contributed by atoms with E-state index < -0.39 is 6.10 Å². The van der Waals surface area contributed by atoms with Crippen molar-refractivity contribution >= 4 is 0 Å². The average molecular weight is 367 g/mol. The molecule has 1 atom stereocenters. The van der Waals surface area contributed by atoms with Gasteiger partial charge in [0.2, 0.25) is 0 Å². The molecule has 144 valence electrons. The normalized spacial score (nSPS) is 17.6. The van der Waals surface area contributed by atoms with E-state index in [4.69, 9.17) is 9.47 Å². The van der Waals surface area contributed by atoms with Gasteiger partial charge in [-0.1, -0.05) is 32.0 Å². The predicted molar refractivity (Wildman–Crippen MR) is 106 cm³/mol. The average Bonchev–Trinajstić information content (AvgIpc) is 3.00. The highest BCUT2D eigenvalue weighted by Gasteiger charge is 2.19. The van der Waals surface area contributed by atoms with Crippen molar-refractivity contribution in [1.82, 2.24) is 4.90 Å². The molecular formula is C23H29NO3. The molecule has 0 saturated heterocycles. The van der Waals surface area contributed by atoms with Crippen LogP contribution in [0.1, 0.15) is 48.6 Å². The first-order valence-corrected chi connectivity index (χ1v) is 9.99. The van der Waals surface area contributed by atoms with Crippen LogP contribution in [0.2, 0.25) is 0 Å². The highest BCUT2D eigenvalue weighted by Crippen LogP contribution is 2.30. The summed E-state index contributed by atoms with van der Waals surface area (Å²) in [4.78, 5) is 2.42. The number of aliphatic hydroxyl groups is 1. The smallest absolute Gasteiger partial charge is 0.123 e. The summed E-state index contributed by atoms with van der Waals surface area (Å²) >= 11 is 0. The number of benzene rings is 2. The number of rotatable bonds is 5. The Hall–Kier alpha value is -2.04. The van der Waals surface area contributed by atoms with Crippen LogP contribution in [-0.2, 0) is 19.5 Å². The van der Waals surface area contributed by atoms with Crippen LogP contribution < -0.4 is 9.47 Å². The second-order valence-corrected chi connectivity index (χ2v) is 8.11. The van der Waals surface area contributed by atoms with E-state index in [1.165, 1.54) is 11.1 Å². The van der Waals surface area contributed by atoms with E-state index in [1.54, 1.807) is 0 Å². The molecule has 2 heterocycles. The fourth-order valence-corrected chi connectivity index (χ4v) is 3.99. The first-order chi connectivity index (χ1) is 13.1. The van der Waals surface area contributed by atoms with Gasteiger partial charge in [0.05, 0.1) is 12.7 Å². The predicted octanol–water partition coefficient (Wildman–Crippen LogP) is 4.10. The summed E-state index contributed by atoms with van der Waals surface area (Å²) in [5.41, 5.74) is 4.79. The van der Waals surface area contributed by atoms with Crippen molar-refractivity contribution in [2.24, 2.45) is 5.92 Å². The third-order valence-electron chi connectivity index (χ3n) is 5.38. The maximum absolute atomic E-state index is 10.5. The molecule has 0 spiro atoms. The van der Waals surface area contributed by atoms with Crippen LogP contribution in [0.3, 0.4) is 0 Å². The zero-order valence-electron chi connectivity index (χ0n) is 16.3. The molecule has 0 aromatic heterocycles. The molecular weight excluding hydrogens is 338 g/mol. The Labute approximate surface area is 161 Å². The van der Waals surface area contributed by atoms with Gasteiger partial charge in [0.25, 0.3) is 0 Å². The molecule has 0 aliphatic carbocycles. The largest absolute Gasteiger partial charge is 0.493 e. The Balaban J connectivity index is 1.50. The quantitative estimate of drug-likeness (QED) is 0.864. The summed E-state index contributed by atoms with van der Waals surface area (Å²) in [5.74, 6) is 2.45. The molecule has 1 unspecified atom stereocenters. The molecule has 2 aliphatic rings. The zero-order chi connectivity index (χ0) is 18.8. The first-order valence-electron chi connectivity index (χ1n) is 9.99. The fourth-order valence-electron chi connectivity index (χ4n) is 3.99. The molecule has 2 aromatic rings. The number of nitrogens with zero attached hydrogens (tertiary/aromatic N) is 1. The van der Waals surface area contributed by atoms with Crippen LogP contribution in [0.15, 0.2) is 36.4 Å². The van der Waals surface area contributed by atoms with Gasteiger partial charge in [0.15, 0.2) is 0 Å². The highest BCUT2D eigenvalue weighted by atomic mass is 16.5. The van der Waals surface area contributed by atoms with Gasteiger partial charge < -0.3 is 14.6 Å². The third kappa shape index (κ3) is 4.28. The maximum atomic E-state index is 10.5. The van der Waals surface area contributed by atoms with Crippen molar-refractivity contribution in [2.75, 3.05) is 19.8 Å². The minimum absolute atomic E-state index is 0.413. The Morgan fingerprint density at radius 2 is 1.78 bits per heavy atom. The van der Waals surface area contributed by atoms with Crippen LogP contribution >= 0.6 is 0 Å². The van der Waals surface area contributed by atoms with Gasteiger partial charge in [-0.3, -0.25) is 4.90 Å². The number of aliphatic hydroxyl groups excluding tert-OH is 1. The third-order valence-corrected chi connectivity index (χ3v) is 5.38. The van der Waals surface area contributed by atoms with Crippen LogP contribution in [-0.4, -0.2) is 29.8 Å². The molecule has 4 rings (SSSR count). The summed E-state index contributed by atoms with van der Waals surface area (Å²) < 4.78 is 11.6. The van der Waals surface area contributed by atoms with Crippen LogP contribution in [0.25, 0.3) is 0 Å². The molecule has 4 heteroatoms. The van der Waals surface area contributed by atoms with E-state index in [9.17, 15) is 5.11 Å². The molecule has 4 nitrogen and oxygen atoms in total. The molecule has 0 fully saturated rings. The lowest BCUT2D eigenvalue weighted by Gasteiger charge is -2.20. The van der Waals surface area contributed by atoms with Gasteiger partial charge in [-0.05, 0) is 47.2 Å². The summed E-state index contributed by atoms with van der Waals surface area (Å²) in [6.45, 7) is 8.39. The van der Waals surface area contributed by atoms with Gasteiger partial charge in [-0.25, -0.2) is 0 Å². The second kappa shape index (κ2) is 7.91. The minimum atomic E-state index is -0.413. The lowest BCUT2D eigenvalue weighted by atomic mass is 9.97. The molecule has 0 bridgehead atoms. The van der Waals surface area contributed by atoms with Crippen molar-refractivity contribution in [3.05, 3.63) is 58.7 Å². The zero-order valence-corrected chi connectivity index (χ0v) is 16.3. The molecule has 0 radical (unpaired) electrons. The van der Waals surface area contributed by atoms with Crippen LogP contribution in [0.5, 0.6) is 11.5 Å². The van der Waals surface area contributed by atoms with Gasteiger partial charge in [0, 0.05) is 31.6 Å². The van der Waals surface area contributed by atoms with Gasteiger partial charge in [-0.15, -0.1) is 0 Å². The van der Waals surface area contributed by atoms with E-state index in [-0.39, 0.29) is 0 Å². The topological polar surface area (TPSA) is 41.9 Å². The summed E-state index contributed by atoms with van der Waals surface area (Å²) in [7, 11) is 0. The molecule has 1 N–H and O–H groups in total. The number of hydrogen-bond acceptors (Lipinski definition) is 4. The van der Waals surface area contributed by atoms with Crippen molar-refractivity contribution in [3.8, 4) is 11.5 Å². The monoisotopic (exact) mass is 367 g/mol. The maximum Gasteiger partial charge on any atom is 0.123 e. The Morgan fingerprint density at radius 1 is 1.00 bits per heavy atom. The highest BCUT2D eigenvalue weighted by molar-refractivity contribution is 5.41. The van der Waals surface area contributed by atoms with E-state index in [1.807, 2.05) is 12.1 Å². The van der Waals surface area contributed by atoms with Crippen LogP contribution in [0, 0.1) is 5.92 Å². The Bertz CT molecular complexity index is 802.